The van der Waals surface area contributed by atoms with Crippen LogP contribution in [0.3, 0.4) is 0 Å². The highest BCUT2D eigenvalue weighted by Gasteiger charge is 2.36. The van der Waals surface area contributed by atoms with Crippen LogP contribution in [0.4, 0.5) is 8.78 Å². The van der Waals surface area contributed by atoms with Gasteiger partial charge in [-0.1, -0.05) is 0 Å². The van der Waals surface area contributed by atoms with E-state index in [0.717, 1.165) is 22.9 Å². The van der Waals surface area contributed by atoms with Crippen LogP contribution in [0.15, 0.2) is 23.1 Å². The van der Waals surface area contributed by atoms with E-state index in [4.69, 9.17) is 5.73 Å². The molecule has 0 saturated carbocycles. The average molecular weight is 387 g/mol. The van der Waals surface area contributed by atoms with Crippen LogP contribution in [0.5, 0.6) is 0 Å². The molecule has 3 rings (SSSR count). The molecular weight excluding hydrogens is 364 g/mol. The predicted octanol–water partition coefficient (Wildman–Crippen LogP) is 1.17. The van der Waals surface area contributed by atoms with Crippen LogP contribution in [-0.4, -0.2) is 56.3 Å². The number of nitrogens with zero attached hydrogens (tertiary/aromatic N) is 2. The van der Waals surface area contributed by atoms with Crippen LogP contribution in [0.25, 0.3) is 0 Å². The molecule has 2 N–H and O–H groups in total. The molecule has 0 aliphatic carbocycles. The van der Waals surface area contributed by atoms with E-state index in [2.05, 4.69) is 0 Å². The summed E-state index contributed by atoms with van der Waals surface area (Å²) in [6.07, 6.45) is 1.64. The number of carbonyl (C=O) groups is 1. The molecule has 1 unspecified atom stereocenters. The van der Waals surface area contributed by atoms with Crippen LogP contribution in [0.2, 0.25) is 0 Å². The number of likely N-dealkylation sites (tertiary alicyclic amines) is 1. The van der Waals surface area contributed by atoms with Crippen LogP contribution in [-0.2, 0) is 14.8 Å². The van der Waals surface area contributed by atoms with Crippen molar-refractivity contribution in [3.05, 3.63) is 29.8 Å². The van der Waals surface area contributed by atoms with Crippen molar-refractivity contribution in [2.75, 3.05) is 32.7 Å². The van der Waals surface area contributed by atoms with Gasteiger partial charge in [-0.25, -0.2) is 17.2 Å². The lowest BCUT2D eigenvalue weighted by molar-refractivity contribution is -0.135. The van der Waals surface area contributed by atoms with E-state index < -0.39 is 26.6 Å². The minimum Gasteiger partial charge on any atom is -0.342 e. The van der Waals surface area contributed by atoms with E-state index in [-0.39, 0.29) is 24.9 Å². The fraction of sp³-hybridized carbons (Fsp3) is 0.588. The topological polar surface area (TPSA) is 83.7 Å². The second kappa shape index (κ2) is 7.58. The summed E-state index contributed by atoms with van der Waals surface area (Å²) in [7, 11) is -4.12. The third-order valence-corrected chi connectivity index (χ3v) is 7.16. The van der Waals surface area contributed by atoms with Gasteiger partial charge in [-0.3, -0.25) is 4.79 Å². The fourth-order valence-electron chi connectivity index (χ4n) is 3.64. The van der Waals surface area contributed by atoms with Gasteiger partial charge < -0.3 is 10.6 Å². The van der Waals surface area contributed by atoms with Gasteiger partial charge >= 0.3 is 0 Å². The zero-order valence-corrected chi connectivity index (χ0v) is 15.2. The first-order valence-corrected chi connectivity index (χ1v) is 10.2. The van der Waals surface area contributed by atoms with E-state index in [9.17, 15) is 22.0 Å². The van der Waals surface area contributed by atoms with Gasteiger partial charge in [0.15, 0.2) is 0 Å². The summed E-state index contributed by atoms with van der Waals surface area (Å²) < 4.78 is 53.5. The lowest BCUT2D eigenvalue weighted by Gasteiger charge is -2.32. The molecule has 2 heterocycles. The fourth-order valence-corrected chi connectivity index (χ4v) is 5.19. The molecule has 0 radical (unpaired) electrons. The Labute approximate surface area is 152 Å². The van der Waals surface area contributed by atoms with Gasteiger partial charge in [0.05, 0.1) is 0 Å². The number of halogens is 2. The molecule has 9 heteroatoms. The molecule has 1 aromatic carbocycles. The number of hydrogen-bond donors (Lipinski definition) is 1. The number of hydrogen-bond acceptors (Lipinski definition) is 4. The largest absolute Gasteiger partial charge is 0.342 e. The summed E-state index contributed by atoms with van der Waals surface area (Å²) in [4.78, 5) is 13.7. The number of carbonyl (C=O) groups excluding carboxylic acids is 1. The Morgan fingerprint density at radius 3 is 2.46 bits per heavy atom. The Bertz CT molecular complexity index is 779. The van der Waals surface area contributed by atoms with Gasteiger partial charge in [-0.15, -0.1) is 0 Å². The van der Waals surface area contributed by atoms with Crippen LogP contribution >= 0.6 is 0 Å². The molecule has 0 bridgehead atoms. The normalized spacial score (nSPS) is 22.7. The van der Waals surface area contributed by atoms with Crippen molar-refractivity contribution in [2.45, 2.75) is 24.2 Å². The van der Waals surface area contributed by atoms with E-state index >= 15 is 0 Å². The summed E-state index contributed by atoms with van der Waals surface area (Å²) >= 11 is 0. The monoisotopic (exact) mass is 387 g/mol. The molecule has 1 amide bonds. The zero-order valence-electron chi connectivity index (χ0n) is 14.4. The summed E-state index contributed by atoms with van der Waals surface area (Å²) in [5, 5.41) is 0. The first-order valence-electron chi connectivity index (χ1n) is 8.77. The maximum absolute atomic E-state index is 13.9. The van der Waals surface area contributed by atoms with Crippen molar-refractivity contribution >= 4 is 15.9 Å². The summed E-state index contributed by atoms with van der Waals surface area (Å²) in [5.74, 6) is -1.66. The number of nitrogens with two attached hydrogens (primary N) is 1. The Kier molecular flexibility index (Phi) is 5.59. The van der Waals surface area contributed by atoms with Crippen molar-refractivity contribution in [3.63, 3.8) is 0 Å². The number of benzene rings is 1. The molecular formula is C17H23F2N3O3S. The van der Waals surface area contributed by atoms with Gasteiger partial charge in [0, 0.05) is 32.1 Å². The molecule has 1 atom stereocenters. The molecule has 0 aromatic heterocycles. The van der Waals surface area contributed by atoms with E-state index in [1.807, 2.05) is 0 Å². The van der Waals surface area contributed by atoms with Gasteiger partial charge in [0.2, 0.25) is 15.9 Å². The molecule has 144 valence electrons. The number of amides is 1. The van der Waals surface area contributed by atoms with Crippen LogP contribution < -0.4 is 5.73 Å². The van der Waals surface area contributed by atoms with E-state index in [1.165, 1.54) is 0 Å². The van der Waals surface area contributed by atoms with Gasteiger partial charge in [0.25, 0.3) is 0 Å². The second-order valence-corrected chi connectivity index (χ2v) is 8.83. The van der Waals surface area contributed by atoms with Crippen LogP contribution in [0.1, 0.15) is 19.3 Å². The van der Waals surface area contributed by atoms with E-state index in [1.54, 1.807) is 4.90 Å². The molecule has 6 nitrogen and oxygen atoms in total. The molecule has 1 aromatic rings. The Morgan fingerprint density at radius 2 is 1.85 bits per heavy atom. The summed E-state index contributed by atoms with van der Waals surface area (Å²) in [5.41, 5.74) is 5.65. The van der Waals surface area contributed by atoms with Crippen molar-refractivity contribution in [2.24, 2.45) is 17.6 Å². The maximum atomic E-state index is 13.9. The lowest BCUT2D eigenvalue weighted by atomic mass is 9.96. The number of rotatable bonds is 4. The SMILES string of the molecule is NCC1CCN(C(=O)C2CCN(S(=O)(=O)c3cc(F)ccc3F)CC2)C1. The summed E-state index contributed by atoms with van der Waals surface area (Å²) in [6.45, 7) is 2.13. The average Bonchev–Trinajstić information content (AvgIpc) is 3.12. The molecule has 2 aliphatic heterocycles. The third-order valence-electron chi connectivity index (χ3n) is 5.25. The smallest absolute Gasteiger partial charge is 0.246 e. The van der Waals surface area contributed by atoms with Gasteiger partial charge in [-0.05, 0) is 49.9 Å². The lowest BCUT2D eigenvalue weighted by Crippen LogP contribution is -2.44. The number of sulfonamides is 1. The van der Waals surface area contributed by atoms with Crippen LogP contribution in [0, 0.1) is 23.5 Å². The molecule has 26 heavy (non-hydrogen) atoms. The van der Waals surface area contributed by atoms with Gasteiger partial charge in [-0.2, -0.15) is 4.31 Å². The van der Waals surface area contributed by atoms with Crippen molar-refractivity contribution in [3.8, 4) is 0 Å². The highest BCUT2D eigenvalue weighted by atomic mass is 32.2. The Hall–Kier alpha value is -1.58. The molecule has 0 spiro atoms. The Morgan fingerprint density at radius 1 is 1.15 bits per heavy atom. The highest BCUT2D eigenvalue weighted by molar-refractivity contribution is 7.89. The molecule has 2 saturated heterocycles. The second-order valence-electron chi connectivity index (χ2n) is 6.93. The number of piperidine rings is 1. The minimum absolute atomic E-state index is 0.0370. The first kappa shape index (κ1) is 19.2. The van der Waals surface area contributed by atoms with E-state index in [0.29, 0.717) is 44.5 Å². The van der Waals surface area contributed by atoms with Gasteiger partial charge in [0.1, 0.15) is 16.5 Å². The molecule has 2 fully saturated rings. The quantitative estimate of drug-likeness (QED) is 0.841. The first-order chi connectivity index (χ1) is 12.3. The van der Waals surface area contributed by atoms with Crippen molar-refractivity contribution < 1.29 is 22.0 Å². The highest BCUT2D eigenvalue weighted by Crippen LogP contribution is 2.28. The third kappa shape index (κ3) is 3.74. The maximum Gasteiger partial charge on any atom is 0.246 e. The minimum atomic E-state index is -4.12. The molecule has 2 aliphatic rings. The van der Waals surface area contributed by atoms with Crippen molar-refractivity contribution in [1.82, 2.24) is 9.21 Å². The predicted molar refractivity (Wildman–Crippen MR) is 91.6 cm³/mol. The zero-order chi connectivity index (χ0) is 18.9. The summed E-state index contributed by atoms with van der Waals surface area (Å²) in [6, 6.07) is 2.38. The standard InChI is InChI=1S/C17H23F2N3O3S/c18-14-1-2-15(19)16(9-14)26(24,25)22-7-4-13(5-8-22)17(23)21-6-3-12(10-20)11-21/h1-2,9,12-13H,3-8,10-11,20H2. The van der Waals surface area contributed by atoms with Crippen molar-refractivity contribution in [1.29, 1.82) is 0 Å². The Balaban J connectivity index is 1.64.